The van der Waals surface area contributed by atoms with Crippen LogP contribution in [0.4, 0.5) is 21.5 Å². The fourth-order valence-electron chi connectivity index (χ4n) is 3.06. The van der Waals surface area contributed by atoms with E-state index in [1.807, 2.05) is 0 Å². The molecule has 0 radical (unpaired) electrons. The highest BCUT2D eigenvalue weighted by molar-refractivity contribution is 7.92. The summed E-state index contributed by atoms with van der Waals surface area (Å²) in [5, 5.41) is 5.66. The van der Waals surface area contributed by atoms with Gasteiger partial charge in [0.2, 0.25) is 5.91 Å². The molecule has 0 bridgehead atoms. The molecule has 1 saturated carbocycles. The van der Waals surface area contributed by atoms with Gasteiger partial charge < -0.3 is 10.6 Å². The highest BCUT2D eigenvalue weighted by Crippen LogP contribution is 2.31. The average Bonchev–Trinajstić information content (AvgIpc) is 3.62. The third kappa shape index (κ3) is 5.50. The maximum atomic E-state index is 14.0. The molecule has 10 heteroatoms. The molecule has 2 amide bonds. The zero-order chi connectivity index (χ0) is 23.6. The zero-order valence-electron chi connectivity index (χ0n) is 17.1. The molecule has 3 aromatic rings. The number of carbonyl (C=O) groups is 2. The SMILES string of the molecule is O=C(Nc1cc(Cl)ccc1NS(=O)(=O)c1ccccc1F)c1ccc(NC(=O)C2CC2)cc1. The number of benzene rings is 3. The van der Waals surface area contributed by atoms with Crippen LogP contribution >= 0.6 is 11.6 Å². The molecule has 3 aromatic carbocycles. The lowest BCUT2D eigenvalue weighted by Gasteiger charge is -2.14. The van der Waals surface area contributed by atoms with E-state index in [1.54, 1.807) is 12.1 Å². The van der Waals surface area contributed by atoms with E-state index in [2.05, 4.69) is 15.4 Å². The quantitative estimate of drug-likeness (QED) is 0.441. The van der Waals surface area contributed by atoms with Crippen LogP contribution in [0.3, 0.4) is 0 Å². The first-order valence-corrected chi connectivity index (χ1v) is 11.9. The van der Waals surface area contributed by atoms with Gasteiger partial charge in [-0.2, -0.15) is 0 Å². The van der Waals surface area contributed by atoms with Gasteiger partial charge in [-0.25, -0.2) is 12.8 Å². The first kappa shape index (κ1) is 22.8. The molecule has 0 spiro atoms. The van der Waals surface area contributed by atoms with E-state index in [1.165, 1.54) is 42.5 Å². The summed E-state index contributed by atoms with van der Waals surface area (Å²) >= 11 is 6.03. The molecule has 33 heavy (non-hydrogen) atoms. The second-order valence-electron chi connectivity index (χ2n) is 7.52. The topological polar surface area (TPSA) is 104 Å². The van der Waals surface area contributed by atoms with E-state index in [4.69, 9.17) is 11.6 Å². The number of hydrogen-bond donors (Lipinski definition) is 3. The van der Waals surface area contributed by atoms with Crippen LogP contribution in [0.5, 0.6) is 0 Å². The monoisotopic (exact) mass is 487 g/mol. The largest absolute Gasteiger partial charge is 0.326 e. The Labute approximate surface area is 195 Å². The van der Waals surface area contributed by atoms with Gasteiger partial charge in [-0.15, -0.1) is 0 Å². The minimum Gasteiger partial charge on any atom is -0.326 e. The molecular formula is C23H19ClFN3O4S. The molecule has 3 N–H and O–H groups in total. The Kier molecular flexibility index (Phi) is 6.35. The van der Waals surface area contributed by atoms with Crippen molar-refractivity contribution in [2.45, 2.75) is 17.7 Å². The van der Waals surface area contributed by atoms with E-state index in [9.17, 15) is 22.4 Å². The molecule has 1 fully saturated rings. The van der Waals surface area contributed by atoms with Crippen molar-refractivity contribution in [3.63, 3.8) is 0 Å². The standard InChI is InChI=1S/C23H19ClFN3O4S/c24-16-9-12-19(28-33(31,32)21-4-2-1-3-18(21)25)20(13-16)27-23(30)15-7-10-17(11-8-15)26-22(29)14-5-6-14/h1-4,7-14,28H,5-6H2,(H,26,29)(H,27,30). The lowest BCUT2D eigenvalue weighted by atomic mass is 10.1. The molecule has 1 aliphatic carbocycles. The number of halogens is 2. The number of carbonyl (C=O) groups excluding carboxylic acids is 2. The smallest absolute Gasteiger partial charge is 0.264 e. The third-order valence-corrected chi connectivity index (χ3v) is 6.60. The van der Waals surface area contributed by atoms with E-state index in [0.717, 1.165) is 25.0 Å². The Hall–Kier alpha value is -3.43. The first-order valence-electron chi connectivity index (χ1n) is 10.0. The molecular weight excluding hydrogens is 469 g/mol. The summed E-state index contributed by atoms with van der Waals surface area (Å²) in [6, 6.07) is 15.4. The summed E-state index contributed by atoms with van der Waals surface area (Å²) in [6.07, 6.45) is 1.77. The summed E-state index contributed by atoms with van der Waals surface area (Å²) in [4.78, 5) is 24.1. The summed E-state index contributed by atoms with van der Waals surface area (Å²) in [5.74, 6) is -1.41. The van der Waals surface area contributed by atoms with Crippen molar-refractivity contribution >= 4 is 50.5 Å². The van der Waals surface area contributed by atoms with Crippen molar-refractivity contribution in [1.82, 2.24) is 0 Å². The van der Waals surface area contributed by atoms with Crippen molar-refractivity contribution in [2.75, 3.05) is 15.4 Å². The minimum absolute atomic E-state index is 0.0179. The minimum atomic E-state index is -4.26. The summed E-state index contributed by atoms with van der Waals surface area (Å²) in [5.41, 5.74) is 0.967. The van der Waals surface area contributed by atoms with E-state index in [0.29, 0.717) is 5.69 Å². The third-order valence-electron chi connectivity index (χ3n) is 4.96. The Bertz CT molecular complexity index is 1330. The van der Waals surface area contributed by atoms with Crippen LogP contribution in [0.25, 0.3) is 0 Å². The Morgan fingerprint density at radius 2 is 1.61 bits per heavy atom. The van der Waals surface area contributed by atoms with Crippen LogP contribution in [0.2, 0.25) is 5.02 Å². The zero-order valence-corrected chi connectivity index (χ0v) is 18.7. The number of sulfonamides is 1. The molecule has 7 nitrogen and oxygen atoms in total. The number of amides is 2. The first-order chi connectivity index (χ1) is 15.7. The van der Waals surface area contributed by atoms with Crippen LogP contribution in [0.1, 0.15) is 23.2 Å². The molecule has 0 saturated heterocycles. The van der Waals surface area contributed by atoms with Crippen molar-refractivity contribution in [3.8, 4) is 0 Å². The van der Waals surface area contributed by atoms with Gasteiger partial charge in [-0.3, -0.25) is 14.3 Å². The van der Waals surface area contributed by atoms with E-state index in [-0.39, 0.29) is 33.8 Å². The molecule has 170 valence electrons. The van der Waals surface area contributed by atoms with Crippen molar-refractivity contribution < 1.29 is 22.4 Å². The van der Waals surface area contributed by atoms with Crippen LogP contribution < -0.4 is 15.4 Å². The van der Waals surface area contributed by atoms with E-state index >= 15 is 0 Å². The van der Waals surface area contributed by atoms with Crippen LogP contribution in [0.15, 0.2) is 71.6 Å². The maximum absolute atomic E-state index is 14.0. The number of nitrogens with one attached hydrogen (secondary N) is 3. The fraction of sp³-hybridized carbons (Fsp3) is 0.130. The maximum Gasteiger partial charge on any atom is 0.264 e. The van der Waals surface area contributed by atoms with Gasteiger partial charge in [0.05, 0.1) is 11.4 Å². The fourth-order valence-corrected chi connectivity index (χ4v) is 4.39. The Morgan fingerprint density at radius 1 is 0.909 bits per heavy atom. The predicted octanol–water partition coefficient (Wildman–Crippen LogP) is 4.88. The summed E-state index contributed by atoms with van der Waals surface area (Å²) < 4.78 is 41.6. The second-order valence-corrected chi connectivity index (χ2v) is 9.61. The van der Waals surface area contributed by atoms with Crippen molar-refractivity contribution in [3.05, 3.63) is 83.1 Å². The average molecular weight is 488 g/mol. The molecule has 1 aliphatic rings. The normalized spacial score (nSPS) is 13.3. The summed E-state index contributed by atoms with van der Waals surface area (Å²) in [7, 11) is -4.26. The van der Waals surface area contributed by atoms with Gasteiger partial charge in [0.1, 0.15) is 10.7 Å². The molecule has 0 heterocycles. The lowest BCUT2D eigenvalue weighted by Crippen LogP contribution is -2.18. The van der Waals surface area contributed by atoms with Gasteiger partial charge in [-0.1, -0.05) is 23.7 Å². The number of anilines is 3. The highest BCUT2D eigenvalue weighted by Gasteiger charge is 2.29. The molecule has 4 rings (SSSR count). The van der Waals surface area contributed by atoms with Gasteiger partial charge in [0.25, 0.3) is 15.9 Å². The van der Waals surface area contributed by atoms with Crippen molar-refractivity contribution in [1.29, 1.82) is 0 Å². The highest BCUT2D eigenvalue weighted by atomic mass is 35.5. The van der Waals surface area contributed by atoms with Crippen LogP contribution in [-0.4, -0.2) is 20.2 Å². The Morgan fingerprint density at radius 3 is 2.27 bits per heavy atom. The van der Waals surface area contributed by atoms with Gasteiger partial charge in [0.15, 0.2) is 0 Å². The Balaban J connectivity index is 1.52. The van der Waals surface area contributed by atoms with Crippen LogP contribution in [0, 0.1) is 11.7 Å². The lowest BCUT2D eigenvalue weighted by molar-refractivity contribution is -0.117. The molecule has 0 atom stereocenters. The second kappa shape index (κ2) is 9.21. The number of hydrogen-bond acceptors (Lipinski definition) is 4. The van der Waals surface area contributed by atoms with Gasteiger partial charge in [0, 0.05) is 22.2 Å². The van der Waals surface area contributed by atoms with Gasteiger partial charge in [-0.05, 0) is 67.4 Å². The molecule has 0 aromatic heterocycles. The van der Waals surface area contributed by atoms with E-state index < -0.39 is 26.6 Å². The molecule has 0 aliphatic heterocycles. The molecule has 0 unspecified atom stereocenters. The van der Waals surface area contributed by atoms with Gasteiger partial charge >= 0.3 is 0 Å². The summed E-state index contributed by atoms with van der Waals surface area (Å²) in [6.45, 7) is 0. The van der Waals surface area contributed by atoms with Crippen molar-refractivity contribution in [2.24, 2.45) is 5.92 Å². The van der Waals surface area contributed by atoms with Crippen LogP contribution in [-0.2, 0) is 14.8 Å². The number of rotatable bonds is 7. The predicted molar refractivity (Wildman–Crippen MR) is 124 cm³/mol.